The van der Waals surface area contributed by atoms with Crippen LogP contribution in [0.1, 0.15) is 44.2 Å². The lowest BCUT2D eigenvalue weighted by Crippen LogP contribution is -2.39. The number of carbonyl (C=O) groups is 2. The number of anilines is 1. The summed E-state index contributed by atoms with van der Waals surface area (Å²) in [5.74, 6) is 1.10. The summed E-state index contributed by atoms with van der Waals surface area (Å²) in [5, 5.41) is 0. The van der Waals surface area contributed by atoms with E-state index >= 15 is 0 Å². The highest BCUT2D eigenvalue weighted by molar-refractivity contribution is 6.45. The van der Waals surface area contributed by atoms with E-state index in [2.05, 4.69) is 18.7 Å². The van der Waals surface area contributed by atoms with Crippen molar-refractivity contribution in [3.05, 3.63) is 59.3 Å². The van der Waals surface area contributed by atoms with Crippen LogP contribution in [0.2, 0.25) is 0 Å². The minimum Gasteiger partial charge on any atom is -0.495 e. The highest BCUT2D eigenvalue weighted by atomic mass is 16.5. The third-order valence-electron chi connectivity index (χ3n) is 6.22. The zero-order valence-corrected chi connectivity index (χ0v) is 19.9. The molecule has 2 amide bonds. The van der Waals surface area contributed by atoms with Gasteiger partial charge in [-0.3, -0.25) is 9.59 Å². The van der Waals surface area contributed by atoms with E-state index in [1.807, 2.05) is 43.3 Å². The molecule has 0 radical (unpaired) electrons. The van der Waals surface area contributed by atoms with Gasteiger partial charge in [0, 0.05) is 13.1 Å². The summed E-state index contributed by atoms with van der Waals surface area (Å²) in [6, 6.07) is 13.0. The summed E-state index contributed by atoms with van der Waals surface area (Å²) >= 11 is 0. The van der Waals surface area contributed by atoms with Crippen molar-refractivity contribution in [1.29, 1.82) is 0 Å². The van der Waals surface area contributed by atoms with Crippen molar-refractivity contribution >= 4 is 23.1 Å². The molecule has 2 aromatic carbocycles. The Kier molecular flexibility index (Phi) is 6.72. The Morgan fingerprint density at radius 1 is 1.06 bits per heavy atom. The number of hydrogen-bond acceptors (Lipinski definition) is 5. The molecule has 2 heterocycles. The van der Waals surface area contributed by atoms with Crippen molar-refractivity contribution in [3.8, 4) is 11.5 Å². The zero-order valence-electron chi connectivity index (χ0n) is 19.9. The lowest BCUT2D eigenvalue weighted by atomic mass is 9.97. The fraction of sp³-hybridized carbons (Fsp3) is 0.407. The summed E-state index contributed by atoms with van der Waals surface area (Å²) < 4.78 is 11.2. The summed E-state index contributed by atoms with van der Waals surface area (Å²) in [6.45, 7) is 8.34. The van der Waals surface area contributed by atoms with Gasteiger partial charge in [-0.05, 0) is 67.5 Å². The molecule has 0 N–H and O–H groups in total. The van der Waals surface area contributed by atoms with Gasteiger partial charge in [-0.2, -0.15) is 0 Å². The molecule has 1 unspecified atom stereocenters. The van der Waals surface area contributed by atoms with Crippen molar-refractivity contribution in [2.75, 3.05) is 31.7 Å². The molecule has 0 aliphatic carbocycles. The van der Waals surface area contributed by atoms with Crippen LogP contribution in [-0.4, -0.2) is 43.5 Å². The van der Waals surface area contributed by atoms with Crippen molar-refractivity contribution in [1.82, 2.24) is 4.90 Å². The summed E-state index contributed by atoms with van der Waals surface area (Å²) in [6.07, 6.45) is 3.04. The SMILES string of the molecule is CCCOc1ccc(C2=C(N3CCCC(C)C3)C(=O)N(c3cc(C)ccc3OC)C2=O)cc1. The molecule has 0 bridgehead atoms. The van der Waals surface area contributed by atoms with Gasteiger partial charge < -0.3 is 14.4 Å². The van der Waals surface area contributed by atoms with Crippen LogP contribution in [0, 0.1) is 12.8 Å². The number of carbonyl (C=O) groups excluding carboxylic acids is 2. The molecule has 6 nitrogen and oxygen atoms in total. The number of amides is 2. The lowest BCUT2D eigenvalue weighted by molar-refractivity contribution is -0.120. The predicted octanol–water partition coefficient (Wildman–Crippen LogP) is 4.81. The van der Waals surface area contributed by atoms with Crippen LogP contribution in [0.5, 0.6) is 11.5 Å². The normalized spacial score (nSPS) is 18.8. The molecule has 2 aliphatic heterocycles. The molecule has 2 aliphatic rings. The monoisotopic (exact) mass is 448 g/mol. The average Bonchev–Trinajstić information content (AvgIpc) is 3.07. The lowest BCUT2D eigenvalue weighted by Gasteiger charge is -2.33. The quantitative estimate of drug-likeness (QED) is 0.569. The summed E-state index contributed by atoms with van der Waals surface area (Å²) in [4.78, 5) is 31.0. The molecule has 33 heavy (non-hydrogen) atoms. The highest BCUT2D eigenvalue weighted by Gasteiger charge is 2.44. The highest BCUT2D eigenvalue weighted by Crippen LogP contribution is 2.40. The van der Waals surface area contributed by atoms with Crippen LogP contribution in [0.4, 0.5) is 5.69 Å². The predicted molar refractivity (Wildman–Crippen MR) is 129 cm³/mol. The Morgan fingerprint density at radius 3 is 2.48 bits per heavy atom. The Labute approximate surface area is 195 Å². The van der Waals surface area contributed by atoms with E-state index in [0.29, 0.717) is 35.2 Å². The molecule has 4 rings (SSSR count). The van der Waals surface area contributed by atoms with Gasteiger partial charge in [0.2, 0.25) is 0 Å². The number of rotatable bonds is 7. The number of hydrogen-bond donors (Lipinski definition) is 0. The standard InChI is InChI=1S/C27H32N2O4/c1-5-15-33-21-11-9-20(10-12-21)24-25(28-14-6-7-19(3)17-28)27(31)29(26(24)30)22-16-18(2)8-13-23(22)32-4/h8-13,16,19H,5-7,14-15,17H2,1-4H3. The number of piperidine rings is 1. The van der Waals surface area contributed by atoms with Gasteiger partial charge >= 0.3 is 0 Å². The maximum atomic E-state index is 13.8. The maximum Gasteiger partial charge on any atom is 0.282 e. The number of benzene rings is 2. The molecule has 1 saturated heterocycles. The second-order valence-corrected chi connectivity index (χ2v) is 8.91. The van der Waals surface area contributed by atoms with Crippen molar-refractivity contribution in [2.45, 2.75) is 40.0 Å². The molecular formula is C27H32N2O4. The first-order valence-corrected chi connectivity index (χ1v) is 11.7. The Hall–Kier alpha value is -3.28. The smallest absolute Gasteiger partial charge is 0.282 e. The van der Waals surface area contributed by atoms with Crippen LogP contribution in [0.15, 0.2) is 48.2 Å². The summed E-state index contributed by atoms with van der Waals surface area (Å²) in [5.41, 5.74) is 3.08. The van der Waals surface area contributed by atoms with Gasteiger partial charge in [-0.25, -0.2) is 4.90 Å². The fourth-order valence-corrected chi connectivity index (χ4v) is 4.60. The zero-order chi connectivity index (χ0) is 23.5. The van der Waals surface area contributed by atoms with Gasteiger partial charge in [0.25, 0.3) is 11.8 Å². The first-order valence-electron chi connectivity index (χ1n) is 11.7. The Morgan fingerprint density at radius 2 is 1.82 bits per heavy atom. The minimum absolute atomic E-state index is 0.292. The van der Waals surface area contributed by atoms with Crippen molar-refractivity contribution < 1.29 is 19.1 Å². The van der Waals surface area contributed by atoms with E-state index in [0.717, 1.165) is 49.2 Å². The molecule has 0 aromatic heterocycles. The van der Waals surface area contributed by atoms with Crippen molar-refractivity contribution in [3.63, 3.8) is 0 Å². The first-order chi connectivity index (χ1) is 15.9. The molecule has 6 heteroatoms. The molecule has 0 spiro atoms. The van der Waals surface area contributed by atoms with E-state index in [9.17, 15) is 9.59 Å². The molecule has 174 valence electrons. The van der Waals surface area contributed by atoms with Gasteiger partial charge in [0.05, 0.1) is 25.0 Å². The fourth-order valence-electron chi connectivity index (χ4n) is 4.60. The molecule has 1 fully saturated rings. The van der Waals surface area contributed by atoms with Gasteiger partial charge in [-0.15, -0.1) is 0 Å². The van der Waals surface area contributed by atoms with E-state index in [1.54, 1.807) is 13.2 Å². The molecular weight excluding hydrogens is 416 g/mol. The number of aryl methyl sites for hydroxylation is 1. The largest absolute Gasteiger partial charge is 0.495 e. The molecule has 1 atom stereocenters. The van der Waals surface area contributed by atoms with Crippen LogP contribution in [0.25, 0.3) is 5.57 Å². The maximum absolute atomic E-state index is 13.8. The van der Waals surface area contributed by atoms with E-state index in [4.69, 9.17) is 9.47 Å². The van der Waals surface area contributed by atoms with E-state index < -0.39 is 0 Å². The van der Waals surface area contributed by atoms with Crippen LogP contribution < -0.4 is 14.4 Å². The number of imide groups is 1. The summed E-state index contributed by atoms with van der Waals surface area (Å²) in [7, 11) is 1.55. The second kappa shape index (κ2) is 9.69. The third kappa shape index (κ3) is 4.47. The number of methoxy groups -OCH3 is 1. The third-order valence-corrected chi connectivity index (χ3v) is 6.22. The number of nitrogens with zero attached hydrogens (tertiary/aromatic N) is 2. The van der Waals surface area contributed by atoms with E-state index in [-0.39, 0.29) is 11.8 Å². The van der Waals surface area contributed by atoms with Gasteiger partial charge in [0.15, 0.2) is 0 Å². The van der Waals surface area contributed by atoms with Crippen molar-refractivity contribution in [2.24, 2.45) is 5.92 Å². The van der Waals surface area contributed by atoms with Crippen LogP contribution in [-0.2, 0) is 9.59 Å². The van der Waals surface area contributed by atoms with Gasteiger partial charge in [-0.1, -0.05) is 32.0 Å². The van der Waals surface area contributed by atoms with Crippen LogP contribution in [0.3, 0.4) is 0 Å². The Bertz CT molecular complexity index is 1070. The minimum atomic E-state index is -0.320. The Balaban J connectivity index is 1.79. The van der Waals surface area contributed by atoms with Crippen LogP contribution >= 0.6 is 0 Å². The molecule has 2 aromatic rings. The topological polar surface area (TPSA) is 59.1 Å². The molecule has 0 saturated carbocycles. The second-order valence-electron chi connectivity index (χ2n) is 8.91. The van der Waals surface area contributed by atoms with Gasteiger partial charge in [0.1, 0.15) is 17.2 Å². The average molecular weight is 449 g/mol. The number of ether oxygens (including phenoxy) is 2. The first kappa shape index (κ1) is 22.9. The number of likely N-dealkylation sites (tertiary alicyclic amines) is 1. The van der Waals surface area contributed by atoms with E-state index in [1.165, 1.54) is 4.90 Å².